The molecule has 1 saturated heterocycles. The molecule has 0 aliphatic carbocycles. The smallest absolute Gasteiger partial charge is 0.326 e. The van der Waals surface area contributed by atoms with Crippen LogP contribution in [0.5, 0.6) is 0 Å². The first-order valence-electron chi connectivity index (χ1n) is 11.3. The second kappa shape index (κ2) is 9.08. The third-order valence-electron chi connectivity index (χ3n) is 6.67. The van der Waals surface area contributed by atoms with Crippen molar-refractivity contribution in [1.82, 2.24) is 29.3 Å². The van der Waals surface area contributed by atoms with Crippen LogP contribution in [0.4, 0.5) is 0 Å². The van der Waals surface area contributed by atoms with Crippen molar-refractivity contribution in [3.63, 3.8) is 0 Å². The number of benzene rings is 1. The lowest BCUT2D eigenvalue weighted by Gasteiger charge is -2.33. The molecule has 4 heterocycles. The van der Waals surface area contributed by atoms with E-state index in [-0.39, 0.29) is 17.6 Å². The van der Waals surface area contributed by atoms with Crippen molar-refractivity contribution in [3.8, 4) is 0 Å². The van der Waals surface area contributed by atoms with E-state index >= 15 is 0 Å². The van der Waals surface area contributed by atoms with Crippen molar-refractivity contribution in [3.05, 3.63) is 70.7 Å². The van der Waals surface area contributed by atoms with Crippen molar-refractivity contribution in [1.29, 1.82) is 0 Å². The summed E-state index contributed by atoms with van der Waals surface area (Å²) in [7, 11) is 0. The van der Waals surface area contributed by atoms with Crippen LogP contribution in [-0.2, 0) is 0 Å². The Morgan fingerprint density at radius 3 is 2.72 bits per heavy atom. The zero-order valence-electron chi connectivity index (χ0n) is 18.1. The molecular weight excluding hydrogens is 404 g/mol. The Balaban J connectivity index is 1.12. The van der Waals surface area contributed by atoms with Crippen LogP contribution < -0.4 is 5.69 Å². The van der Waals surface area contributed by atoms with Gasteiger partial charge in [0.15, 0.2) is 0 Å². The lowest BCUT2D eigenvalue weighted by Crippen LogP contribution is -2.38. The number of hydrogen-bond acceptors (Lipinski definition) is 5. The normalized spacial score (nSPS) is 18.1. The number of hydrogen-bond donors (Lipinski definition) is 1. The van der Waals surface area contributed by atoms with Gasteiger partial charge in [0.25, 0.3) is 5.91 Å². The molecule has 0 atom stereocenters. The topological polar surface area (TPSA) is 87.1 Å². The highest BCUT2D eigenvalue weighted by molar-refractivity contribution is 5.92. The van der Waals surface area contributed by atoms with Crippen molar-refractivity contribution >= 4 is 16.9 Å². The number of likely N-dealkylation sites (tertiary alicyclic amines) is 1. The number of nitrogens with zero attached hydrogens (tertiary/aromatic N) is 5. The quantitative estimate of drug-likeness (QED) is 0.627. The van der Waals surface area contributed by atoms with E-state index in [0.29, 0.717) is 12.2 Å². The summed E-state index contributed by atoms with van der Waals surface area (Å²) in [5.41, 5.74) is 3.74. The number of aromatic amines is 1. The molecule has 2 aliphatic heterocycles. The van der Waals surface area contributed by atoms with Crippen LogP contribution in [-0.4, -0.2) is 67.9 Å². The molecule has 166 valence electrons. The highest BCUT2D eigenvalue weighted by Crippen LogP contribution is 2.25. The second-order valence-corrected chi connectivity index (χ2v) is 8.59. The minimum absolute atomic E-state index is 0.00223. The van der Waals surface area contributed by atoms with E-state index in [0.717, 1.165) is 62.9 Å². The molecule has 2 aromatic heterocycles. The Morgan fingerprint density at radius 1 is 1.12 bits per heavy atom. The summed E-state index contributed by atoms with van der Waals surface area (Å²) in [5, 5.41) is 0. The van der Waals surface area contributed by atoms with Crippen molar-refractivity contribution in [2.45, 2.75) is 31.7 Å². The van der Waals surface area contributed by atoms with Crippen LogP contribution in [0.3, 0.4) is 0 Å². The summed E-state index contributed by atoms with van der Waals surface area (Å²) in [5.74, 6) is -0.0528. The zero-order chi connectivity index (χ0) is 21.9. The first-order valence-corrected chi connectivity index (χ1v) is 11.3. The number of H-pyrrole nitrogens is 1. The van der Waals surface area contributed by atoms with Crippen LogP contribution in [0.2, 0.25) is 0 Å². The Bertz CT molecular complexity index is 1170. The highest BCUT2D eigenvalue weighted by atomic mass is 16.2. The molecule has 0 spiro atoms. The lowest BCUT2D eigenvalue weighted by atomic mass is 10.0. The summed E-state index contributed by atoms with van der Waals surface area (Å²) in [4.78, 5) is 40.4. The molecule has 0 saturated carbocycles. The first kappa shape index (κ1) is 20.6. The minimum Gasteiger partial charge on any atom is -0.333 e. The maximum Gasteiger partial charge on any atom is 0.326 e. The third kappa shape index (κ3) is 4.23. The van der Waals surface area contributed by atoms with Crippen LogP contribution in [0.1, 0.15) is 42.2 Å². The fourth-order valence-electron chi connectivity index (χ4n) is 4.83. The first-order chi connectivity index (χ1) is 15.7. The molecule has 0 bridgehead atoms. The molecule has 0 radical (unpaired) electrons. The number of nitrogens with one attached hydrogen (secondary N) is 1. The average Bonchev–Trinajstić information content (AvgIpc) is 3.19. The average molecular weight is 433 g/mol. The number of rotatable bonds is 5. The van der Waals surface area contributed by atoms with Gasteiger partial charge in [-0.3, -0.25) is 14.3 Å². The van der Waals surface area contributed by atoms with E-state index in [2.05, 4.69) is 25.9 Å². The van der Waals surface area contributed by atoms with Crippen LogP contribution in [0.25, 0.3) is 11.0 Å². The van der Waals surface area contributed by atoms with E-state index in [4.69, 9.17) is 0 Å². The van der Waals surface area contributed by atoms with Gasteiger partial charge in [-0.05, 0) is 37.8 Å². The van der Waals surface area contributed by atoms with Gasteiger partial charge in [-0.1, -0.05) is 23.8 Å². The minimum atomic E-state index is -0.0528. The molecule has 1 amide bonds. The van der Waals surface area contributed by atoms with Crippen molar-refractivity contribution in [2.24, 2.45) is 0 Å². The predicted molar refractivity (Wildman–Crippen MR) is 123 cm³/mol. The molecule has 1 fully saturated rings. The standard InChI is InChI=1S/C24H28N6O2/c31-23(21-17-25-10-11-26-21)29-15-6-18(7-16-29)5-12-28-13-8-19(9-14-28)30-22-4-2-1-3-20(22)27-24(30)32/h1-4,6,10-11,17,19H,5,7-9,12-16H2,(H,27,32). The van der Waals surface area contributed by atoms with Gasteiger partial charge in [-0.15, -0.1) is 0 Å². The number of amides is 1. The number of carbonyl (C=O) groups is 1. The fraction of sp³-hybridized carbons (Fsp3) is 0.417. The molecule has 2 aliphatic rings. The highest BCUT2D eigenvalue weighted by Gasteiger charge is 2.24. The predicted octanol–water partition coefficient (Wildman–Crippen LogP) is 2.62. The second-order valence-electron chi connectivity index (χ2n) is 8.59. The largest absolute Gasteiger partial charge is 0.333 e. The molecular formula is C24H28N6O2. The molecule has 1 N–H and O–H groups in total. The van der Waals surface area contributed by atoms with E-state index < -0.39 is 0 Å². The molecule has 1 aromatic carbocycles. The molecule has 3 aromatic rings. The van der Waals surface area contributed by atoms with E-state index in [9.17, 15) is 9.59 Å². The van der Waals surface area contributed by atoms with Gasteiger partial charge in [-0.2, -0.15) is 0 Å². The molecule has 8 heteroatoms. The number of imidazole rings is 1. The lowest BCUT2D eigenvalue weighted by molar-refractivity contribution is 0.0761. The van der Waals surface area contributed by atoms with Gasteiger partial charge in [-0.25, -0.2) is 9.78 Å². The SMILES string of the molecule is O=C(c1cnccn1)N1CC=C(CCN2CCC(n3c(=O)[nH]c4ccccc43)CC2)CC1. The van der Waals surface area contributed by atoms with E-state index in [1.165, 1.54) is 11.8 Å². The maximum atomic E-state index is 12.5. The summed E-state index contributed by atoms with van der Waals surface area (Å²) < 4.78 is 1.94. The van der Waals surface area contributed by atoms with Gasteiger partial charge in [0.2, 0.25) is 0 Å². The number of carbonyl (C=O) groups excluding carboxylic acids is 1. The van der Waals surface area contributed by atoms with E-state index in [1.54, 1.807) is 12.4 Å². The number of fused-ring (bicyclic) bond motifs is 1. The Hall–Kier alpha value is -3.26. The summed E-state index contributed by atoms with van der Waals surface area (Å²) in [6, 6.07) is 8.18. The van der Waals surface area contributed by atoms with Crippen molar-refractivity contribution in [2.75, 3.05) is 32.7 Å². The monoisotopic (exact) mass is 432 g/mol. The number of piperidine rings is 1. The van der Waals surface area contributed by atoms with Gasteiger partial charge in [0, 0.05) is 51.2 Å². The van der Waals surface area contributed by atoms with Gasteiger partial charge < -0.3 is 14.8 Å². The van der Waals surface area contributed by atoms with Gasteiger partial charge in [0.05, 0.1) is 17.2 Å². The van der Waals surface area contributed by atoms with Crippen LogP contribution >= 0.6 is 0 Å². The molecule has 8 nitrogen and oxygen atoms in total. The summed E-state index contributed by atoms with van der Waals surface area (Å²) in [6.07, 6.45) is 10.8. The maximum absolute atomic E-state index is 12.5. The molecule has 0 unspecified atom stereocenters. The Morgan fingerprint density at radius 2 is 1.97 bits per heavy atom. The number of para-hydroxylation sites is 2. The van der Waals surface area contributed by atoms with Crippen molar-refractivity contribution < 1.29 is 4.79 Å². The van der Waals surface area contributed by atoms with Gasteiger partial charge >= 0.3 is 5.69 Å². The third-order valence-corrected chi connectivity index (χ3v) is 6.67. The summed E-state index contributed by atoms with van der Waals surface area (Å²) in [6.45, 7) is 4.39. The van der Waals surface area contributed by atoms with Crippen LogP contribution in [0.15, 0.2) is 59.3 Å². The van der Waals surface area contributed by atoms with Gasteiger partial charge in [0.1, 0.15) is 5.69 Å². The Labute approximate surface area is 186 Å². The zero-order valence-corrected chi connectivity index (χ0v) is 18.1. The Kier molecular flexibility index (Phi) is 5.85. The number of aromatic nitrogens is 4. The van der Waals surface area contributed by atoms with E-state index in [1.807, 2.05) is 33.7 Å². The molecule has 32 heavy (non-hydrogen) atoms. The molecule has 5 rings (SSSR count). The fourth-order valence-corrected chi connectivity index (χ4v) is 4.83. The summed E-state index contributed by atoms with van der Waals surface area (Å²) >= 11 is 0. The van der Waals surface area contributed by atoms with Crippen LogP contribution in [0, 0.1) is 0 Å².